The first-order valence-electron chi connectivity index (χ1n) is 6.10. The molecule has 0 radical (unpaired) electrons. The molecule has 1 aliphatic rings. The zero-order valence-corrected chi connectivity index (χ0v) is 10.4. The highest BCUT2D eigenvalue weighted by Gasteiger charge is 2.21. The number of carbonyl (C=O) groups excluding carboxylic acids is 1. The van der Waals surface area contributed by atoms with E-state index < -0.39 is 6.03 Å². The first kappa shape index (κ1) is 13.5. The maximum absolute atomic E-state index is 13.2. The van der Waals surface area contributed by atoms with Gasteiger partial charge in [0.1, 0.15) is 5.82 Å². The van der Waals surface area contributed by atoms with Gasteiger partial charge < -0.3 is 10.5 Å². The highest BCUT2D eigenvalue weighted by Crippen LogP contribution is 2.29. The Morgan fingerprint density at radius 3 is 3.05 bits per heavy atom. The number of halogens is 1. The lowest BCUT2D eigenvalue weighted by Crippen LogP contribution is -2.24. The van der Waals surface area contributed by atoms with Crippen molar-refractivity contribution in [1.29, 1.82) is 0 Å². The summed E-state index contributed by atoms with van der Waals surface area (Å²) in [7, 11) is 0. The molecular weight excluding hydrogens is 249 g/mol. The van der Waals surface area contributed by atoms with E-state index in [1.807, 2.05) is 0 Å². The van der Waals surface area contributed by atoms with Gasteiger partial charge in [-0.15, -0.1) is 0 Å². The third-order valence-corrected chi connectivity index (χ3v) is 2.79. The highest BCUT2D eigenvalue weighted by atomic mass is 19.1. The number of hydrogen-bond donors (Lipinski definition) is 2. The van der Waals surface area contributed by atoms with E-state index in [1.54, 1.807) is 6.07 Å². The van der Waals surface area contributed by atoms with Crippen LogP contribution in [0.4, 0.5) is 9.18 Å². The Bertz CT molecular complexity index is 487. The van der Waals surface area contributed by atoms with Crippen LogP contribution in [0, 0.1) is 11.7 Å². The van der Waals surface area contributed by atoms with Crippen molar-refractivity contribution in [3.05, 3.63) is 35.1 Å². The first-order valence-corrected chi connectivity index (χ1v) is 6.10. The zero-order chi connectivity index (χ0) is 13.7. The number of nitrogens with zero attached hydrogens (tertiary/aromatic N) is 1. The van der Waals surface area contributed by atoms with Gasteiger partial charge >= 0.3 is 6.03 Å². The molecule has 1 fully saturated rings. The average Bonchev–Trinajstić information content (AvgIpc) is 3.15. The molecule has 3 N–H and O–H groups in total. The maximum atomic E-state index is 13.2. The van der Waals surface area contributed by atoms with Gasteiger partial charge in [0.15, 0.2) is 0 Å². The lowest BCUT2D eigenvalue weighted by Gasteiger charge is -2.07. The number of amides is 2. The predicted molar refractivity (Wildman–Crippen MR) is 69.1 cm³/mol. The lowest BCUT2D eigenvalue weighted by molar-refractivity contribution is 0.111. The summed E-state index contributed by atoms with van der Waals surface area (Å²) in [6.45, 7) is 1.03. The summed E-state index contributed by atoms with van der Waals surface area (Å²) in [6, 6.07) is 3.57. The fraction of sp³-hybridized carbons (Fsp3) is 0.385. The van der Waals surface area contributed by atoms with E-state index in [0.717, 1.165) is 0 Å². The monoisotopic (exact) mass is 265 g/mol. The average molecular weight is 265 g/mol. The minimum atomic E-state index is -0.745. The predicted octanol–water partition coefficient (Wildman–Crippen LogP) is 1.75. The van der Waals surface area contributed by atoms with Gasteiger partial charge in [-0.25, -0.2) is 14.6 Å². The third-order valence-electron chi connectivity index (χ3n) is 2.79. The van der Waals surface area contributed by atoms with Gasteiger partial charge in [-0.3, -0.25) is 0 Å². The van der Waals surface area contributed by atoms with Crippen LogP contribution in [0.15, 0.2) is 23.3 Å². The molecule has 0 atom stereocenters. The second-order valence-electron chi connectivity index (χ2n) is 4.54. The van der Waals surface area contributed by atoms with Crippen LogP contribution in [-0.4, -0.2) is 18.9 Å². The maximum Gasteiger partial charge on any atom is 0.332 e. The van der Waals surface area contributed by atoms with Gasteiger partial charge in [0, 0.05) is 12.2 Å². The topological polar surface area (TPSA) is 76.7 Å². The Labute approximate surface area is 110 Å². The Balaban J connectivity index is 1.98. The van der Waals surface area contributed by atoms with Gasteiger partial charge in [0.2, 0.25) is 0 Å². The number of hydrazone groups is 1. The molecule has 1 aliphatic carbocycles. The summed E-state index contributed by atoms with van der Waals surface area (Å²) in [5.74, 6) is 0.326. The van der Waals surface area contributed by atoms with Gasteiger partial charge in [-0.2, -0.15) is 5.10 Å². The largest absolute Gasteiger partial charge is 0.376 e. The number of nitrogens with one attached hydrogen (secondary N) is 1. The number of benzene rings is 1. The Kier molecular flexibility index (Phi) is 4.46. The number of carbonyl (C=O) groups is 1. The van der Waals surface area contributed by atoms with E-state index in [1.165, 1.54) is 31.2 Å². The quantitative estimate of drug-likeness (QED) is 0.607. The second kappa shape index (κ2) is 6.29. The summed E-state index contributed by atoms with van der Waals surface area (Å²) in [5.41, 5.74) is 8.36. The minimum absolute atomic E-state index is 0.326. The van der Waals surface area contributed by atoms with Crippen LogP contribution in [0.25, 0.3) is 0 Å². The molecule has 0 unspecified atom stereocenters. The molecule has 0 heterocycles. The molecule has 0 aliphatic heterocycles. The summed E-state index contributed by atoms with van der Waals surface area (Å²) in [4.78, 5) is 10.5. The van der Waals surface area contributed by atoms with E-state index in [4.69, 9.17) is 10.5 Å². The van der Waals surface area contributed by atoms with Gasteiger partial charge in [-0.05, 0) is 36.5 Å². The second-order valence-corrected chi connectivity index (χ2v) is 4.54. The summed E-state index contributed by atoms with van der Waals surface area (Å²) >= 11 is 0. The molecule has 5 nitrogen and oxygen atoms in total. The number of rotatable bonds is 6. The number of primary amides is 1. The molecule has 0 aromatic heterocycles. The van der Waals surface area contributed by atoms with Crippen LogP contribution in [0.3, 0.4) is 0 Å². The zero-order valence-electron chi connectivity index (χ0n) is 10.4. The van der Waals surface area contributed by atoms with Crippen LogP contribution in [0.2, 0.25) is 0 Å². The smallest absolute Gasteiger partial charge is 0.332 e. The molecule has 0 saturated heterocycles. The number of nitrogens with two attached hydrogens (primary N) is 1. The van der Waals surface area contributed by atoms with Crippen molar-refractivity contribution in [1.82, 2.24) is 5.43 Å². The van der Waals surface area contributed by atoms with E-state index in [-0.39, 0.29) is 5.82 Å². The van der Waals surface area contributed by atoms with Gasteiger partial charge in [0.25, 0.3) is 0 Å². The van der Waals surface area contributed by atoms with Crippen LogP contribution in [0.1, 0.15) is 24.0 Å². The van der Waals surface area contributed by atoms with Gasteiger partial charge in [0.05, 0.1) is 12.8 Å². The SMILES string of the molecule is NC(=O)NN=Cc1ccc(F)cc1COCC1CC1. The summed E-state index contributed by atoms with van der Waals surface area (Å²) in [6.07, 6.45) is 3.83. The third kappa shape index (κ3) is 4.67. The molecular formula is C13H16FN3O2. The first-order chi connectivity index (χ1) is 9.15. The van der Waals surface area contributed by atoms with Crippen LogP contribution < -0.4 is 11.2 Å². The summed E-state index contributed by atoms with van der Waals surface area (Å²) in [5, 5.41) is 3.66. The van der Waals surface area contributed by atoms with Crippen molar-refractivity contribution >= 4 is 12.2 Å². The van der Waals surface area contributed by atoms with Crippen molar-refractivity contribution in [2.24, 2.45) is 16.8 Å². The van der Waals surface area contributed by atoms with E-state index >= 15 is 0 Å². The van der Waals surface area contributed by atoms with E-state index in [9.17, 15) is 9.18 Å². The molecule has 2 rings (SSSR count). The molecule has 2 amide bonds. The normalized spacial score (nSPS) is 14.8. The molecule has 0 bridgehead atoms. The molecule has 19 heavy (non-hydrogen) atoms. The fourth-order valence-corrected chi connectivity index (χ4v) is 1.61. The Hall–Kier alpha value is -1.95. The van der Waals surface area contributed by atoms with Crippen molar-refractivity contribution < 1.29 is 13.9 Å². The Morgan fingerprint density at radius 1 is 1.58 bits per heavy atom. The van der Waals surface area contributed by atoms with E-state index in [2.05, 4.69) is 10.5 Å². The number of hydrogen-bond acceptors (Lipinski definition) is 3. The molecule has 1 aromatic rings. The van der Waals surface area contributed by atoms with Crippen LogP contribution >= 0.6 is 0 Å². The lowest BCUT2D eigenvalue weighted by atomic mass is 10.1. The molecule has 1 aromatic carbocycles. The van der Waals surface area contributed by atoms with Crippen molar-refractivity contribution in [2.45, 2.75) is 19.4 Å². The molecule has 1 saturated carbocycles. The standard InChI is InChI=1S/C13H16FN3O2/c14-12-4-3-10(6-16-17-13(15)18)11(5-12)8-19-7-9-1-2-9/h3-6,9H,1-2,7-8H2,(H3,15,17,18). The van der Waals surface area contributed by atoms with Crippen molar-refractivity contribution in [2.75, 3.05) is 6.61 Å². The molecule has 102 valence electrons. The Morgan fingerprint density at radius 2 is 2.37 bits per heavy atom. The van der Waals surface area contributed by atoms with Gasteiger partial charge in [-0.1, -0.05) is 6.07 Å². The number of ether oxygens (including phenoxy) is 1. The minimum Gasteiger partial charge on any atom is -0.376 e. The van der Waals surface area contributed by atoms with Crippen molar-refractivity contribution in [3.8, 4) is 0 Å². The fourth-order valence-electron chi connectivity index (χ4n) is 1.61. The number of urea groups is 1. The highest BCUT2D eigenvalue weighted by molar-refractivity contribution is 5.83. The summed E-state index contributed by atoms with van der Waals surface area (Å²) < 4.78 is 18.7. The van der Waals surface area contributed by atoms with Crippen LogP contribution in [-0.2, 0) is 11.3 Å². The van der Waals surface area contributed by atoms with Crippen molar-refractivity contribution in [3.63, 3.8) is 0 Å². The van der Waals surface area contributed by atoms with E-state index in [0.29, 0.717) is 30.3 Å². The molecule has 0 spiro atoms. The van der Waals surface area contributed by atoms with Crippen LogP contribution in [0.5, 0.6) is 0 Å². The molecule has 6 heteroatoms.